The first-order valence-corrected chi connectivity index (χ1v) is 15.0. The van der Waals surface area contributed by atoms with E-state index in [1.807, 2.05) is 13.0 Å². The van der Waals surface area contributed by atoms with Crippen molar-refractivity contribution in [2.24, 2.45) is 5.92 Å². The molecule has 3 aromatic heterocycles. The maximum absolute atomic E-state index is 14.0. The van der Waals surface area contributed by atoms with Crippen LogP contribution in [0.15, 0.2) is 52.8 Å². The lowest BCUT2D eigenvalue weighted by Crippen LogP contribution is -2.38. The van der Waals surface area contributed by atoms with E-state index >= 15 is 0 Å². The van der Waals surface area contributed by atoms with Crippen molar-refractivity contribution in [3.63, 3.8) is 0 Å². The van der Waals surface area contributed by atoms with Gasteiger partial charge in [-0.25, -0.2) is 23.2 Å². The Morgan fingerprint density at radius 3 is 2.50 bits per heavy atom. The first-order chi connectivity index (χ1) is 19.0. The zero-order chi connectivity index (χ0) is 28.6. The fourth-order valence-corrected chi connectivity index (χ4v) is 5.88. The smallest absolute Gasteiger partial charge is 0.404 e. The molecular formula is C27H27ClN6O5S. The second kappa shape index (κ2) is 10.9. The normalized spacial score (nSPS) is 17.6. The van der Waals surface area contributed by atoms with Crippen molar-refractivity contribution < 1.29 is 18.3 Å². The predicted molar refractivity (Wildman–Crippen MR) is 150 cm³/mol. The van der Waals surface area contributed by atoms with Gasteiger partial charge in [-0.2, -0.15) is 4.98 Å². The van der Waals surface area contributed by atoms with Gasteiger partial charge in [-0.1, -0.05) is 23.7 Å². The molecule has 1 amide bonds. The average Bonchev–Trinajstić information content (AvgIpc) is 2.90. The van der Waals surface area contributed by atoms with E-state index in [-0.39, 0.29) is 34.9 Å². The highest BCUT2D eigenvalue weighted by atomic mass is 35.5. The second-order valence-corrected chi connectivity index (χ2v) is 12.4. The molecule has 1 aromatic carbocycles. The van der Waals surface area contributed by atoms with Gasteiger partial charge in [-0.15, -0.1) is 0 Å². The Morgan fingerprint density at radius 1 is 1.10 bits per heavy atom. The van der Waals surface area contributed by atoms with Crippen LogP contribution in [0.1, 0.15) is 31.4 Å². The summed E-state index contributed by atoms with van der Waals surface area (Å²) >= 11 is 6.70. The fourth-order valence-electron chi connectivity index (χ4n) is 5.10. The number of aromatic nitrogens is 5. The van der Waals surface area contributed by atoms with Crippen molar-refractivity contribution >= 4 is 38.6 Å². The molecule has 208 valence electrons. The zero-order valence-corrected chi connectivity index (χ0v) is 23.4. The van der Waals surface area contributed by atoms with Crippen LogP contribution in [0.5, 0.6) is 0 Å². The Morgan fingerprint density at radius 2 is 1.85 bits per heavy atom. The summed E-state index contributed by atoms with van der Waals surface area (Å²) in [6.07, 6.45) is 7.32. The number of aryl methyl sites for hydroxylation is 1. The number of fused-ring (bicyclic) bond motifs is 1. The number of carbonyl (C=O) groups is 1. The van der Waals surface area contributed by atoms with Gasteiger partial charge in [0.15, 0.2) is 0 Å². The minimum atomic E-state index is -3.71. The number of amides is 1. The minimum absolute atomic E-state index is 0.0670. The van der Waals surface area contributed by atoms with E-state index in [2.05, 4.69) is 25.3 Å². The molecule has 4 aromatic rings. The molecule has 1 aliphatic carbocycles. The van der Waals surface area contributed by atoms with Gasteiger partial charge in [-0.05, 0) is 50.7 Å². The highest BCUT2D eigenvalue weighted by Gasteiger charge is 2.25. The molecule has 3 heterocycles. The third-order valence-corrected chi connectivity index (χ3v) is 8.23. The molecule has 11 nitrogen and oxygen atoms in total. The van der Waals surface area contributed by atoms with Crippen LogP contribution in [0.2, 0.25) is 5.02 Å². The predicted octanol–water partition coefficient (Wildman–Crippen LogP) is 4.11. The van der Waals surface area contributed by atoms with Crippen LogP contribution >= 0.6 is 11.6 Å². The monoisotopic (exact) mass is 582 g/mol. The lowest BCUT2D eigenvalue weighted by molar-refractivity contribution is 0.181. The number of hydrogen-bond donors (Lipinski definition) is 2. The molecule has 0 bridgehead atoms. The summed E-state index contributed by atoms with van der Waals surface area (Å²) in [7, 11) is -3.71. The van der Waals surface area contributed by atoms with Gasteiger partial charge in [0.05, 0.1) is 17.6 Å². The first-order valence-electron chi connectivity index (χ1n) is 12.7. The third-order valence-electron chi connectivity index (χ3n) is 7.06. The van der Waals surface area contributed by atoms with Gasteiger partial charge >= 0.3 is 6.09 Å². The Kier molecular flexibility index (Phi) is 7.56. The first kappa shape index (κ1) is 27.7. The summed E-state index contributed by atoms with van der Waals surface area (Å²) in [5.74, 6) is 0.0670. The van der Waals surface area contributed by atoms with Gasteiger partial charge in [0.2, 0.25) is 15.0 Å². The van der Waals surface area contributed by atoms with Crippen LogP contribution in [0, 0.1) is 12.8 Å². The number of nitrogens with one attached hydrogen (secondary N) is 1. The second-order valence-electron chi connectivity index (χ2n) is 10.1. The summed E-state index contributed by atoms with van der Waals surface area (Å²) in [5.41, 5.74) is 2.86. The number of nitrogens with zero attached hydrogens (tertiary/aromatic N) is 5. The van der Waals surface area contributed by atoms with Crippen LogP contribution < -0.4 is 10.9 Å². The van der Waals surface area contributed by atoms with Crippen molar-refractivity contribution in [1.29, 1.82) is 0 Å². The van der Waals surface area contributed by atoms with Gasteiger partial charge in [0.25, 0.3) is 5.56 Å². The van der Waals surface area contributed by atoms with Crippen molar-refractivity contribution in [3.05, 3.63) is 63.9 Å². The highest BCUT2D eigenvalue weighted by molar-refractivity contribution is 7.90. The van der Waals surface area contributed by atoms with Crippen molar-refractivity contribution in [3.8, 4) is 22.4 Å². The van der Waals surface area contributed by atoms with Crippen LogP contribution in [-0.2, 0) is 16.4 Å². The van der Waals surface area contributed by atoms with Crippen LogP contribution in [0.25, 0.3) is 33.4 Å². The minimum Gasteiger partial charge on any atom is -0.465 e. The molecule has 1 aliphatic rings. The topological polar surface area (TPSA) is 157 Å². The standard InChI is InChI=1S/C27H27ClN6O5S/c1-15-11-29-13-23(31-15)17-5-8-20(22(28)10-17)21-9-18-12-30-26(40(2,38)39)33-24(18)34(25(21)35)14-16-3-6-19(7-4-16)32-27(36)37/h5,8-13,16,19,32H,3-4,6-7,14H2,1-2H3,(H,36,37). The van der Waals surface area contributed by atoms with Crippen molar-refractivity contribution in [2.45, 2.75) is 50.4 Å². The molecule has 40 heavy (non-hydrogen) atoms. The fraction of sp³-hybridized carbons (Fsp3) is 0.333. The quantitative estimate of drug-likeness (QED) is 0.319. The van der Waals surface area contributed by atoms with Gasteiger partial charge in [0.1, 0.15) is 5.65 Å². The molecule has 0 spiro atoms. The number of halogens is 1. The SMILES string of the molecule is Cc1cncc(-c2ccc(-c3cc4cnc(S(C)(=O)=O)nc4n(CC4CCC(NC(=O)O)CC4)c3=O)c(Cl)c2)n1. The number of rotatable bonds is 6. The van der Waals surface area contributed by atoms with E-state index in [1.165, 1.54) is 10.8 Å². The van der Waals surface area contributed by atoms with E-state index < -0.39 is 15.9 Å². The molecule has 0 aliphatic heterocycles. The Hall–Kier alpha value is -3.90. The molecule has 0 atom stereocenters. The van der Waals surface area contributed by atoms with Gasteiger partial charge in [0, 0.05) is 58.3 Å². The van der Waals surface area contributed by atoms with E-state index in [4.69, 9.17) is 16.7 Å². The summed E-state index contributed by atoms with van der Waals surface area (Å²) in [6, 6.07) is 6.79. The number of hydrogen-bond acceptors (Lipinski definition) is 8. The van der Waals surface area contributed by atoms with Crippen LogP contribution in [0.4, 0.5) is 4.79 Å². The molecule has 0 saturated heterocycles. The number of pyridine rings is 1. The molecule has 0 radical (unpaired) electrons. The maximum Gasteiger partial charge on any atom is 0.404 e. The summed E-state index contributed by atoms with van der Waals surface area (Å²) in [5, 5.41) is 12.0. The highest BCUT2D eigenvalue weighted by Crippen LogP contribution is 2.32. The molecular weight excluding hydrogens is 556 g/mol. The lowest BCUT2D eigenvalue weighted by Gasteiger charge is -2.29. The summed E-state index contributed by atoms with van der Waals surface area (Å²) < 4.78 is 25.9. The van der Waals surface area contributed by atoms with E-state index in [0.29, 0.717) is 52.9 Å². The Labute approximate surface area is 235 Å². The summed E-state index contributed by atoms with van der Waals surface area (Å²) in [4.78, 5) is 41.9. The molecule has 5 rings (SSSR count). The van der Waals surface area contributed by atoms with Crippen molar-refractivity contribution in [1.82, 2.24) is 29.8 Å². The molecule has 2 N–H and O–H groups in total. The Bertz CT molecular complexity index is 1780. The number of sulfone groups is 1. The summed E-state index contributed by atoms with van der Waals surface area (Å²) in [6.45, 7) is 2.13. The Balaban J connectivity index is 1.58. The van der Waals surface area contributed by atoms with E-state index in [9.17, 15) is 18.0 Å². The van der Waals surface area contributed by atoms with Crippen LogP contribution in [-0.4, -0.2) is 56.4 Å². The molecule has 1 saturated carbocycles. The number of benzene rings is 1. The number of carboxylic acid groups (broad SMARTS) is 1. The van der Waals surface area contributed by atoms with Crippen LogP contribution in [0.3, 0.4) is 0 Å². The zero-order valence-electron chi connectivity index (χ0n) is 21.8. The largest absolute Gasteiger partial charge is 0.465 e. The van der Waals surface area contributed by atoms with Crippen molar-refractivity contribution in [2.75, 3.05) is 6.26 Å². The van der Waals surface area contributed by atoms with Gasteiger partial charge in [-0.3, -0.25) is 14.3 Å². The molecule has 1 fully saturated rings. The van der Waals surface area contributed by atoms with Gasteiger partial charge < -0.3 is 10.4 Å². The molecule has 13 heteroatoms. The lowest BCUT2D eigenvalue weighted by atomic mass is 9.86. The third kappa shape index (κ3) is 5.82. The van der Waals surface area contributed by atoms with E-state index in [0.717, 1.165) is 17.5 Å². The maximum atomic E-state index is 14.0. The average molecular weight is 583 g/mol. The van der Waals surface area contributed by atoms with E-state index in [1.54, 1.807) is 30.6 Å². The molecule has 0 unspecified atom stereocenters.